The predicted octanol–water partition coefficient (Wildman–Crippen LogP) is 5.98. The van der Waals surface area contributed by atoms with E-state index in [-0.39, 0.29) is 17.6 Å². The molecule has 30 heavy (non-hydrogen) atoms. The maximum atomic E-state index is 12.9. The molecule has 0 unspecified atom stereocenters. The molecule has 1 aliphatic carbocycles. The van der Waals surface area contributed by atoms with E-state index in [4.69, 9.17) is 9.57 Å². The highest BCUT2D eigenvalue weighted by atomic mass is 16.7. The van der Waals surface area contributed by atoms with E-state index in [9.17, 15) is 9.59 Å². The molecule has 0 saturated heterocycles. The Morgan fingerprint density at radius 1 is 0.933 bits per heavy atom. The van der Waals surface area contributed by atoms with Gasteiger partial charge in [-0.15, -0.1) is 0 Å². The summed E-state index contributed by atoms with van der Waals surface area (Å²) in [6.45, 7) is 2.04. The summed E-state index contributed by atoms with van der Waals surface area (Å²) in [6, 6.07) is 15.8. The Bertz CT molecular complexity index is 852. The fraction of sp³-hybridized carbons (Fsp3) is 0.400. The molecule has 2 aromatic rings. The molecule has 0 aliphatic heterocycles. The molecule has 5 heteroatoms. The van der Waals surface area contributed by atoms with Gasteiger partial charge in [-0.25, -0.2) is 4.79 Å². The third-order valence-electron chi connectivity index (χ3n) is 5.25. The lowest BCUT2D eigenvalue weighted by atomic mass is 9.98. The molecule has 0 N–H and O–H groups in total. The molecule has 1 aliphatic rings. The first kappa shape index (κ1) is 21.8. The third kappa shape index (κ3) is 6.28. The van der Waals surface area contributed by atoms with Gasteiger partial charge in [0.25, 0.3) is 0 Å². The van der Waals surface area contributed by atoms with Crippen LogP contribution in [-0.2, 0) is 4.84 Å². The molecule has 0 amide bonds. The van der Waals surface area contributed by atoms with Gasteiger partial charge in [0.2, 0.25) is 5.78 Å². The molecule has 0 aromatic heterocycles. The van der Waals surface area contributed by atoms with E-state index < -0.39 is 5.97 Å². The number of Topliss-reactive ketones (excluding diaryl/α,β-unsaturated/α-hetero) is 1. The molecule has 5 nitrogen and oxygen atoms in total. The van der Waals surface area contributed by atoms with Gasteiger partial charge in [-0.05, 0) is 74.9 Å². The number of benzene rings is 2. The van der Waals surface area contributed by atoms with Crippen LogP contribution < -0.4 is 4.74 Å². The van der Waals surface area contributed by atoms with Crippen LogP contribution >= 0.6 is 0 Å². The van der Waals surface area contributed by atoms with Crippen LogP contribution in [0.4, 0.5) is 0 Å². The summed E-state index contributed by atoms with van der Waals surface area (Å²) in [7, 11) is 0. The van der Waals surface area contributed by atoms with Crippen molar-refractivity contribution in [3.05, 3.63) is 65.7 Å². The fourth-order valence-electron chi connectivity index (χ4n) is 3.50. The summed E-state index contributed by atoms with van der Waals surface area (Å²) in [5.74, 6) is -0.0249. The lowest BCUT2D eigenvalue weighted by Gasteiger charge is -2.23. The SMILES string of the molecule is CCCC/C(=N\OC(=O)c1ccccc1)C(=O)c1ccc(OC2CCCCC2)cc1. The van der Waals surface area contributed by atoms with Crippen molar-refractivity contribution in [3.8, 4) is 5.75 Å². The zero-order valence-corrected chi connectivity index (χ0v) is 17.5. The molecular weight excluding hydrogens is 378 g/mol. The standard InChI is InChI=1S/C25H29NO4/c1-2-3-14-23(26-30-25(28)20-10-6-4-7-11-20)24(27)19-15-17-22(18-16-19)29-21-12-8-5-9-13-21/h4,6-7,10-11,15-18,21H,2-3,5,8-9,12-14H2,1H3/b26-23+. The van der Waals surface area contributed by atoms with Crippen molar-refractivity contribution in [1.82, 2.24) is 0 Å². The molecule has 2 aromatic carbocycles. The van der Waals surface area contributed by atoms with Crippen molar-refractivity contribution >= 4 is 17.5 Å². The smallest absolute Gasteiger partial charge is 0.365 e. The predicted molar refractivity (Wildman–Crippen MR) is 117 cm³/mol. The van der Waals surface area contributed by atoms with Crippen LogP contribution in [0, 0.1) is 0 Å². The van der Waals surface area contributed by atoms with Crippen LogP contribution in [0.25, 0.3) is 0 Å². The van der Waals surface area contributed by atoms with Crippen molar-refractivity contribution in [2.24, 2.45) is 5.16 Å². The first-order chi connectivity index (χ1) is 14.7. The van der Waals surface area contributed by atoms with Crippen LogP contribution in [0.2, 0.25) is 0 Å². The molecule has 0 heterocycles. The third-order valence-corrected chi connectivity index (χ3v) is 5.25. The second kappa shape index (κ2) is 11.3. The minimum absolute atomic E-state index is 0.228. The van der Waals surface area contributed by atoms with E-state index in [2.05, 4.69) is 5.16 Å². The van der Waals surface area contributed by atoms with Gasteiger partial charge < -0.3 is 9.57 Å². The average Bonchev–Trinajstić information content (AvgIpc) is 2.80. The van der Waals surface area contributed by atoms with Crippen molar-refractivity contribution in [1.29, 1.82) is 0 Å². The van der Waals surface area contributed by atoms with E-state index in [1.807, 2.05) is 25.1 Å². The summed E-state index contributed by atoms with van der Waals surface area (Å²) in [5, 5.41) is 3.92. The van der Waals surface area contributed by atoms with Gasteiger partial charge in [-0.3, -0.25) is 4.79 Å². The van der Waals surface area contributed by atoms with Gasteiger partial charge in [0.15, 0.2) is 0 Å². The summed E-state index contributed by atoms with van der Waals surface area (Å²) >= 11 is 0. The Balaban J connectivity index is 1.67. The Kier molecular flexibility index (Phi) is 8.19. The van der Waals surface area contributed by atoms with Crippen LogP contribution in [0.15, 0.2) is 59.8 Å². The molecule has 0 bridgehead atoms. The van der Waals surface area contributed by atoms with E-state index >= 15 is 0 Å². The Hall–Kier alpha value is -2.95. The summed E-state index contributed by atoms with van der Waals surface area (Å²) < 4.78 is 6.03. The van der Waals surface area contributed by atoms with Crippen molar-refractivity contribution in [3.63, 3.8) is 0 Å². The zero-order chi connectivity index (χ0) is 21.2. The number of hydrogen-bond donors (Lipinski definition) is 0. The Labute approximate surface area is 178 Å². The Morgan fingerprint density at radius 2 is 1.63 bits per heavy atom. The molecule has 158 valence electrons. The van der Waals surface area contributed by atoms with Gasteiger partial charge in [0.1, 0.15) is 11.5 Å². The van der Waals surface area contributed by atoms with Crippen LogP contribution in [0.1, 0.15) is 79.0 Å². The fourth-order valence-corrected chi connectivity index (χ4v) is 3.50. The van der Waals surface area contributed by atoms with E-state index in [0.717, 1.165) is 31.4 Å². The van der Waals surface area contributed by atoms with Crippen molar-refractivity contribution < 1.29 is 19.2 Å². The van der Waals surface area contributed by atoms with Crippen LogP contribution in [0.5, 0.6) is 5.75 Å². The lowest BCUT2D eigenvalue weighted by molar-refractivity contribution is 0.0514. The molecule has 0 atom stereocenters. The molecule has 0 spiro atoms. The molecule has 1 saturated carbocycles. The summed E-state index contributed by atoms with van der Waals surface area (Å²) in [4.78, 5) is 30.2. The number of ketones is 1. The summed E-state index contributed by atoms with van der Waals surface area (Å²) in [6.07, 6.45) is 8.28. The van der Waals surface area contributed by atoms with Crippen molar-refractivity contribution in [2.45, 2.75) is 64.4 Å². The van der Waals surface area contributed by atoms with Gasteiger partial charge in [0.05, 0.1) is 11.7 Å². The van der Waals surface area contributed by atoms with E-state index in [1.165, 1.54) is 19.3 Å². The topological polar surface area (TPSA) is 65.0 Å². The van der Waals surface area contributed by atoms with E-state index in [1.54, 1.807) is 36.4 Å². The van der Waals surface area contributed by atoms with Gasteiger partial charge >= 0.3 is 5.97 Å². The number of unbranched alkanes of at least 4 members (excludes halogenated alkanes) is 1. The minimum atomic E-state index is -0.575. The van der Waals surface area contributed by atoms with Gasteiger partial charge in [0, 0.05) is 5.56 Å². The molecule has 0 radical (unpaired) electrons. The zero-order valence-electron chi connectivity index (χ0n) is 17.5. The molecular formula is C25H29NO4. The summed E-state index contributed by atoms with van der Waals surface area (Å²) in [5.41, 5.74) is 1.16. The minimum Gasteiger partial charge on any atom is -0.490 e. The lowest BCUT2D eigenvalue weighted by Crippen LogP contribution is -2.20. The van der Waals surface area contributed by atoms with Gasteiger partial charge in [-0.1, -0.05) is 43.1 Å². The number of ether oxygens (including phenoxy) is 1. The average molecular weight is 408 g/mol. The van der Waals surface area contributed by atoms with E-state index in [0.29, 0.717) is 17.5 Å². The number of hydrogen-bond acceptors (Lipinski definition) is 5. The quantitative estimate of drug-likeness (QED) is 0.222. The number of oxime groups is 1. The number of carbonyl (C=O) groups is 2. The normalized spacial score (nSPS) is 14.9. The first-order valence-corrected chi connectivity index (χ1v) is 10.8. The number of carbonyl (C=O) groups excluding carboxylic acids is 2. The van der Waals surface area contributed by atoms with Gasteiger partial charge in [-0.2, -0.15) is 0 Å². The highest BCUT2D eigenvalue weighted by Gasteiger charge is 2.18. The van der Waals surface area contributed by atoms with Crippen molar-refractivity contribution in [2.75, 3.05) is 0 Å². The largest absolute Gasteiger partial charge is 0.490 e. The maximum Gasteiger partial charge on any atom is 0.365 e. The monoisotopic (exact) mass is 407 g/mol. The second-order valence-corrected chi connectivity index (χ2v) is 7.62. The number of rotatable bonds is 9. The maximum absolute atomic E-state index is 12.9. The second-order valence-electron chi connectivity index (χ2n) is 7.62. The number of nitrogens with zero attached hydrogens (tertiary/aromatic N) is 1. The Morgan fingerprint density at radius 3 is 2.30 bits per heavy atom. The van der Waals surface area contributed by atoms with Crippen LogP contribution in [0.3, 0.4) is 0 Å². The highest BCUT2D eigenvalue weighted by molar-refractivity contribution is 6.45. The molecule has 1 fully saturated rings. The van der Waals surface area contributed by atoms with Crippen LogP contribution in [-0.4, -0.2) is 23.6 Å². The highest BCUT2D eigenvalue weighted by Crippen LogP contribution is 2.24. The first-order valence-electron chi connectivity index (χ1n) is 10.8. The molecule has 3 rings (SSSR count).